The average molecular weight is 310 g/mol. The lowest BCUT2D eigenvalue weighted by Gasteiger charge is -2.04. The molecule has 0 aliphatic carbocycles. The summed E-state index contributed by atoms with van der Waals surface area (Å²) >= 11 is 0. The first-order valence-electron chi connectivity index (χ1n) is 5.96. The van der Waals surface area contributed by atoms with Gasteiger partial charge in [-0.15, -0.1) is 5.10 Å². The van der Waals surface area contributed by atoms with Crippen LogP contribution in [-0.4, -0.2) is 40.6 Å². The number of hydrogen-bond donors (Lipinski definition) is 2. The number of amides is 1. The summed E-state index contributed by atoms with van der Waals surface area (Å²) in [5.41, 5.74) is 0.879. The standard InChI is InChI=1S/C11H14N6O3S/c1-21(19,20)15-10-7-17(16-14-10)8-11(18)13-6-9-3-2-4-12-5-9/h2-5,7,15H,6,8H2,1H3,(H,13,18). The Morgan fingerprint density at radius 3 is 2.90 bits per heavy atom. The molecule has 0 saturated heterocycles. The first-order chi connectivity index (χ1) is 9.92. The van der Waals surface area contributed by atoms with Gasteiger partial charge in [-0.1, -0.05) is 11.3 Å². The average Bonchev–Trinajstić information content (AvgIpc) is 2.82. The minimum atomic E-state index is -3.41. The summed E-state index contributed by atoms with van der Waals surface area (Å²) in [5, 5.41) is 9.97. The minimum absolute atomic E-state index is 0.0568. The number of nitrogens with zero attached hydrogens (tertiary/aromatic N) is 4. The van der Waals surface area contributed by atoms with Gasteiger partial charge in [-0.3, -0.25) is 14.5 Å². The Kier molecular flexibility index (Phi) is 4.48. The monoisotopic (exact) mass is 310 g/mol. The normalized spacial score (nSPS) is 11.1. The quantitative estimate of drug-likeness (QED) is 0.732. The number of sulfonamides is 1. The molecule has 0 unspecified atom stereocenters. The summed E-state index contributed by atoms with van der Waals surface area (Å²) in [6.45, 7) is 0.300. The largest absolute Gasteiger partial charge is 0.350 e. The van der Waals surface area contributed by atoms with Crippen molar-refractivity contribution in [3.05, 3.63) is 36.3 Å². The fourth-order valence-electron chi connectivity index (χ4n) is 1.52. The van der Waals surface area contributed by atoms with Crippen LogP contribution < -0.4 is 10.0 Å². The number of hydrogen-bond acceptors (Lipinski definition) is 6. The third-order valence-corrected chi connectivity index (χ3v) is 2.93. The van der Waals surface area contributed by atoms with E-state index in [1.165, 1.54) is 10.9 Å². The molecule has 0 spiro atoms. The maximum atomic E-state index is 11.7. The number of rotatable bonds is 6. The predicted octanol–water partition coefficient (Wildman–Crippen LogP) is -0.639. The Balaban J connectivity index is 1.85. The molecule has 2 rings (SSSR count). The van der Waals surface area contributed by atoms with Crippen LogP contribution in [0.4, 0.5) is 5.82 Å². The highest BCUT2D eigenvalue weighted by Crippen LogP contribution is 2.02. The van der Waals surface area contributed by atoms with Crippen molar-refractivity contribution in [1.82, 2.24) is 25.3 Å². The maximum absolute atomic E-state index is 11.7. The van der Waals surface area contributed by atoms with Gasteiger partial charge >= 0.3 is 0 Å². The predicted molar refractivity (Wildman–Crippen MR) is 74.6 cm³/mol. The molecule has 2 heterocycles. The van der Waals surface area contributed by atoms with Gasteiger partial charge in [0.2, 0.25) is 15.9 Å². The molecule has 21 heavy (non-hydrogen) atoms. The van der Waals surface area contributed by atoms with Crippen LogP contribution in [0.3, 0.4) is 0 Å². The van der Waals surface area contributed by atoms with Crippen LogP contribution in [0.5, 0.6) is 0 Å². The molecule has 0 bridgehead atoms. The Morgan fingerprint density at radius 2 is 2.24 bits per heavy atom. The van der Waals surface area contributed by atoms with Crippen LogP contribution >= 0.6 is 0 Å². The number of anilines is 1. The molecule has 0 atom stereocenters. The topological polar surface area (TPSA) is 119 Å². The van der Waals surface area contributed by atoms with Crippen LogP contribution in [0.2, 0.25) is 0 Å². The molecule has 2 aromatic rings. The molecule has 0 radical (unpaired) electrons. The molecule has 2 N–H and O–H groups in total. The number of carbonyl (C=O) groups is 1. The van der Waals surface area contributed by atoms with Crippen LogP contribution in [0, 0.1) is 0 Å². The summed E-state index contributed by atoms with van der Waals surface area (Å²) < 4.78 is 25.4. The van der Waals surface area contributed by atoms with Gasteiger partial charge in [0.25, 0.3) is 0 Å². The SMILES string of the molecule is CS(=O)(=O)Nc1cn(CC(=O)NCc2cccnc2)nn1. The van der Waals surface area contributed by atoms with E-state index in [1.54, 1.807) is 18.5 Å². The first kappa shape index (κ1) is 14.9. The van der Waals surface area contributed by atoms with Crippen LogP contribution in [-0.2, 0) is 27.9 Å². The highest BCUT2D eigenvalue weighted by atomic mass is 32.2. The van der Waals surface area contributed by atoms with E-state index >= 15 is 0 Å². The van der Waals surface area contributed by atoms with E-state index in [-0.39, 0.29) is 18.3 Å². The lowest BCUT2D eigenvalue weighted by atomic mass is 10.3. The van der Waals surface area contributed by atoms with Crippen LogP contribution in [0.15, 0.2) is 30.7 Å². The molecule has 1 amide bonds. The summed E-state index contributed by atoms with van der Waals surface area (Å²) in [4.78, 5) is 15.7. The molecule has 10 heteroatoms. The van der Waals surface area contributed by atoms with Gasteiger partial charge in [-0.05, 0) is 11.6 Å². The molecule has 0 fully saturated rings. The molecule has 0 aromatic carbocycles. The number of nitrogens with one attached hydrogen (secondary N) is 2. The van der Waals surface area contributed by atoms with E-state index in [1.807, 2.05) is 6.07 Å². The van der Waals surface area contributed by atoms with Crippen molar-refractivity contribution in [2.75, 3.05) is 11.0 Å². The second kappa shape index (κ2) is 6.31. The third-order valence-electron chi connectivity index (χ3n) is 2.35. The van der Waals surface area contributed by atoms with Crippen molar-refractivity contribution < 1.29 is 13.2 Å². The van der Waals surface area contributed by atoms with Crippen LogP contribution in [0.25, 0.3) is 0 Å². The van der Waals surface area contributed by atoms with E-state index in [0.717, 1.165) is 11.8 Å². The second-order valence-electron chi connectivity index (χ2n) is 4.31. The zero-order valence-corrected chi connectivity index (χ0v) is 12.0. The highest BCUT2D eigenvalue weighted by Gasteiger charge is 2.08. The van der Waals surface area contributed by atoms with Crippen molar-refractivity contribution >= 4 is 21.7 Å². The van der Waals surface area contributed by atoms with Crippen molar-refractivity contribution in [1.29, 1.82) is 0 Å². The van der Waals surface area contributed by atoms with E-state index in [4.69, 9.17) is 0 Å². The van der Waals surface area contributed by atoms with E-state index in [9.17, 15) is 13.2 Å². The zero-order valence-electron chi connectivity index (χ0n) is 11.2. The first-order valence-corrected chi connectivity index (χ1v) is 7.85. The number of aromatic nitrogens is 4. The van der Waals surface area contributed by atoms with E-state index < -0.39 is 10.0 Å². The number of pyridine rings is 1. The van der Waals surface area contributed by atoms with Gasteiger partial charge in [0, 0.05) is 18.9 Å². The molecule has 9 nitrogen and oxygen atoms in total. The van der Waals surface area contributed by atoms with E-state index in [0.29, 0.717) is 6.54 Å². The summed E-state index contributed by atoms with van der Waals surface area (Å²) in [7, 11) is -3.41. The third kappa shape index (κ3) is 5.18. The minimum Gasteiger partial charge on any atom is -0.350 e. The Bertz CT molecular complexity index is 713. The van der Waals surface area contributed by atoms with E-state index in [2.05, 4.69) is 25.3 Å². The lowest BCUT2D eigenvalue weighted by molar-refractivity contribution is -0.122. The van der Waals surface area contributed by atoms with Crippen molar-refractivity contribution in [3.8, 4) is 0 Å². The van der Waals surface area contributed by atoms with Gasteiger partial charge in [0.1, 0.15) is 6.54 Å². The second-order valence-corrected chi connectivity index (χ2v) is 6.06. The maximum Gasteiger partial charge on any atom is 0.242 e. The Hall–Kier alpha value is -2.49. The van der Waals surface area contributed by atoms with Gasteiger partial charge in [0.05, 0.1) is 12.5 Å². The fraction of sp³-hybridized carbons (Fsp3) is 0.273. The number of carbonyl (C=O) groups excluding carboxylic acids is 1. The summed E-state index contributed by atoms with van der Waals surface area (Å²) in [5.74, 6) is -0.202. The van der Waals surface area contributed by atoms with Crippen LogP contribution in [0.1, 0.15) is 5.56 Å². The van der Waals surface area contributed by atoms with Gasteiger partial charge in [-0.25, -0.2) is 13.1 Å². The summed E-state index contributed by atoms with van der Waals surface area (Å²) in [6, 6.07) is 3.62. The van der Waals surface area contributed by atoms with Crippen molar-refractivity contribution in [2.45, 2.75) is 13.1 Å². The molecular weight excluding hydrogens is 296 g/mol. The smallest absolute Gasteiger partial charge is 0.242 e. The molecule has 112 valence electrons. The zero-order chi connectivity index (χ0) is 15.3. The highest BCUT2D eigenvalue weighted by molar-refractivity contribution is 7.92. The summed E-state index contributed by atoms with van der Waals surface area (Å²) in [6.07, 6.45) is 5.65. The van der Waals surface area contributed by atoms with Crippen molar-refractivity contribution in [2.24, 2.45) is 0 Å². The van der Waals surface area contributed by atoms with Gasteiger partial charge in [0.15, 0.2) is 5.82 Å². The fourth-order valence-corrected chi connectivity index (χ4v) is 1.99. The molecule has 0 aliphatic heterocycles. The Labute approximate surface area is 121 Å². The molecule has 0 saturated carbocycles. The lowest BCUT2D eigenvalue weighted by Crippen LogP contribution is -2.27. The Morgan fingerprint density at radius 1 is 1.43 bits per heavy atom. The molecule has 0 aliphatic rings. The van der Waals surface area contributed by atoms with Gasteiger partial charge < -0.3 is 5.32 Å². The molecular formula is C11H14N6O3S. The van der Waals surface area contributed by atoms with Gasteiger partial charge in [-0.2, -0.15) is 0 Å². The van der Waals surface area contributed by atoms with Crippen molar-refractivity contribution in [3.63, 3.8) is 0 Å². The molecule has 2 aromatic heterocycles.